The van der Waals surface area contributed by atoms with Crippen molar-refractivity contribution in [3.05, 3.63) is 76.9 Å². The van der Waals surface area contributed by atoms with Crippen molar-refractivity contribution < 1.29 is 23.2 Å². The third-order valence-corrected chi connectivity index (χ3v) is 4.19. The zero-order valence-electron chi connectivity index (χ0n) is 16.3. The van der Waals surface area contributed by atoms with Gasteiger partial charge in [-0.25, -0.2) is 5.48 Å². The number of benzene rings is 2. The maximum Gasteiger partial charge on any atom is 0.393 e. The zero-order chi connectivity index (χ0) is 22.1. The summed E-state index contributed by atoms with van der Waals surface area (Å²) in [5.74, 6) is 5.24. The molecule has 0 unspecified atom stereocenters. The van der Waals surface area contributed by atoms with E-state index in [4.69, 9.17) is 10.9 Å². The number of nitrogens with two attached hydrogens (primary N) is 1. The van der Waals surface area contributed by atoms with Gasteiger partial charge in [0, 0.05) is 23.4 Å². The monoisotopic (exact) mass is 417 g/mol. The van der Waals surface area contributed by atoms with E-state index >= 15 is 0 Å². The largest absolute Gasteiger partial charge is 0.393 e. The van der Waals surface area contributed by atoms with Crippen molar-refractivity contribution in [1.82, 2.24) is 10.8 Å². The Morgan fingerprint density at radius 1 is 1.10 bits per heavy atom. The fourth-order valence-corrected chi connectivity index (χ4v) is 2.65. The molecule has 2 aromatic carbocycles. The Hall–Kier alpha value is -3.28. The van der Waals surface area contributed by atoms with Gasteiger partial charge >= 0.3 is 6.18 Å². The Morgan fingerprint density at radius 3 is 2.07 bits per heavy atom. The molecule has 0 bridgehead atoms. The summed E-state index contributed by atoms with van der Waals surface area (Å²) in [5, 5.41) is 11.7. The number of rotatable bonds is 6. The highest BCUT2D eigenvalue weighted by atomic mass is 19.4. The van der Waals surface area contributed by atoms with Gasteiger partial charge in [0.2, 0.25) is 0 Å². The van der Waals surface area contributed by atoms with E-state index in [-0.39, 0.29) is 12.1 Å². The van der Waals surface area contributed by atoms with Gasteiger partial charge in [-0.1, -0.05) is 42.2 Å². The van der Waals surface area contributed by atoms with Crippen LogP contribution >= 0.6 is 0 Å². The predicted molar refractivity (Wildman–Crippen MR) is 108 cm³/mol. The Morgan fingerprint density at radius 2 is 1.63 bits per heavy atom. The number of hydrogen-bond donors (Lipinski definition) is 4. The van der Waals surface area contributed by atoms with Crippen LogP contribution in [-0.4, -0.2) is 29.9 Å². The number of alkyl halides is 3. The number of carbonyl (C=O) groups is 1. The number of amides is 1. The van der Waals surface area contributed by atoms with Crippen molar-refractivity contribution >= 4 is 11.6 Å². The molecule has 0 aliphatic rings. The van der Waals surface area contributed by atoms with Crippen LogP contribution in [0.15, 0.2) is 54.6 Å². The van der Waals surface area contributed by atoms with Crippen LogP contribution in [0.1, 0.15) is 29.2 Å². The summed E-state index contributed by atoms with van der Waals surface area (Å²) < 4.78 is 37.2. The van der Waals surface area contributed by atoms with Crippen LogP contribution in [0.25, 0.3) is 5.70 Å². The number of nitrogens with one attached hydrogen (secondary N) is 2. The van der Waals surface area contributed by atoms with Crippen molar-refractivity contribution in [2.75, 3.05) is 6.54 Å². The van der Waals surface area contributed by atoms with Gasteiger partial charge in [-0.2, -0.15) is 13.2 Å². The van der Waals surface area contributed by atoms with Gasteiger partial charge in [0.05, 0.1) is 6.42 Å². The number of carbonyl (C=O) groups excluding carboxylic acids is 1. The summed E-state index contributed by atoms with van der Waals surface area (Å²) in [5.41, 5.74) is 10.1. The lowest BCUT2D eigenvalue weighted by Gasteiger charge is -2.18. The Kier molecular flexibility index (Phi) is 8.04. The first kappa shape index (κ1) is 23.0. The van der Waals surface area contributed by atoms with E-state index in [1.165, 1.54) is 12.1 Å². The van der Waals surface area contributed by atoms with Crippen molar-refractivity contribution in [3.8, 4) is 11.8 Å². The first-order valence-electron chi connectivity index (χ1n) is 9.10. The summed E-state index contributed by atoms with van der Waals surface area (Å²) in [6, 6.07) is 12.4. The van der Waals surface area contributed by atoms with Crippen molar-refractivity contribution in [1.29, 1.82) is 0 Å². The molecule has 0 aliphatic carbocycles. The quantitative estimate of drug-likeness (QED) is 0.331. The molecule has 1 amide bonds. The molecular weight excluding hydrogens is 395 g/mol. The van der Waals surface area contributed by atoms with Crippen LogP contribution < -0.4 is 16.5 Å². The standard InChI is InChI=1S/C22H22F3N3O2/c1-2-19(27-20(14-26)21(29)28-30)18-11-9-16(10-12-18)4-3-15-5-7-17(8-6-15)13-22(23,24)25/h2,5-12,20,27,30H,13-14,26H2,1H3,(H,28,29)/t20-/m0/s1. The van der Waals surface area contributed by atoms with Gasteiger partial charge in [-0.05, 0) is 42.3 Å². The highest BCUT2D eigenvalue weighted by molar-refractivity contribution is 5.83. The summed E-state index contributed by atoms with van der Waals surface area (Å²) in [4.78, 5) is 11.6. The number of allylic oxidation sites excluding steroid dienone is 1. The maximum atomic E-state index is 12.4. The van der Waals surface area contributed by atoms with Gasteiger partial charge in [-0.15, -0.1) is 0 Å². The highest BCUT2D eigenvalue weighted by Crippen LogP contribution is 2.21. The number of halogens is 3. The van der Waals surface area contributed by atoms with Crippen LogP contribution in [0.4, 0.5) is 13.2 Å². The molecule has 30 heavy (non-hydrogen) atoms. The SMILES string of the molecule is CC=C(N[C@@H](CN)C(=O)NO)c1ccc(C#Cc2ccc(CC(F)(F)F)cc2)cc1. The summed E-state index contributed by atoms with van der Waals surface area (Å²) in [7, 11) is 0. The molecule has 0 aromatic heterocycles. The summed E-state index contributed by atoms with van der Waals surface area (Å²) in [6.07, 6.45) is -3.42. The van der Waals surface area contributed by atoms with Crippen molar-refractivity contribution in [3.63, 3.8) is 0 Å². The van der Waals surface area contributed by atoms with E-state index < -0.39 is 24.5 Å². The lowest BCUT2D eigenvalue weighted by atomic mass is 10.1. The molecule has 2 rings (SSSR count). The van der Waals surface area contributed by atoms with Crippen LogP contribution in [0.2, 0.25) is 0 Å². The third kappa shape index (κ3) is 6.95. The molecule has 0 heterocycles. The van der Waals surface area contributed by atoms with Gasteiger partial charge in [0.1, 0.15) is 6.04 Å². The number of hydrogen-bond acceptors (Lipinski definition) is 4. The average Bonchev–Trinajstić information content (AvgIpc) is 2.73. The van der Waals surface area contributed by atoms with Crippen molar-refractivity contribution in [2.24, 2.45) is 5.73 Å². The fourth-order valence-electron chi connectivity index (χ4n) is 2.65. The Labute approximate surface area is 172 Å². The fraction of sp³-hybridized carbons (Fsp3) is 0.227. The first-order chi connectivity index (χ1) is 14.3. The first-order valence-corrected chi connectivity index (χ1v) is 9.10. The molecule has 2 aromatic rings. The Balaban J connectivity index is 2.08. The van der Waals surface area contributed by atoms with E-state index in [2.05, 4.69) is 17.2 Å². The smallest absolute Gasteiger partial charge is 0.372 e. The topological polar surface area (TPSA) is 87.4 Å². The van der Waals surface area contributed by atoms with Gasteiger partial charge in [0.15, 0.2) is 0 Å². The van der Waals surface area contributed by atoms with Crippen molar-refractivity contribution in [2.45, 2.75) is 25.6 Å². The lowest BCUT2D eigenvalue weighted by Crippen LogP contribution is -2.47. The molecule has 1 atom stereocenters. The molecule has 0 saturated heterocycles. The van der Waals surface area contributed by atoms with Gasteiger partial charge in [-0.3, -0.25) is 10.0 Å². The third-order valence-electron chi connectivity index (χ3n) is 4.19. The molecule has 0 spiro atoms. The Bertz CT molecular complexity index is 941. The molecule has 0 saturated carbocycles. The molecule has 5 nitrogen and oxygen atoms in total. The van der Waals surface area contributed by atoms with Crippen LogP contribution in [0.5, 0.6) is 0 Å². The predicted octanol–water partition coefficient (Wildman–Crippen LogP) is 2.97. The second-order valence-electron chi connectivity index (χ2n) is 6.43. The molecule has 0 aliphatic heterocycles. The second-order valence-corrected chi connectivity index (χ2v) is 6.43. The summed E-state index contributed by atoms with van der Waals surface area (Å²) >= 11 is 0. The van der Waals surface area contributed by atoms with Crippen LogP contribution in [-0.2, 0) is 11.2 Å². The molecule has 0 fully saturated rings. The minimum atomic E-state index is -4.23. The van der Waals surface area contributed by atoms with E-state index in [1.807, 2.05) is 12.1 Å². The van der Waals surface area contributed by atoms with E-state index in [0.717, 1.165) is 11.1 Å². The van der Waals surface area contributed by atoms with Crippen LogP contribution in [0, 0.1) is 11.8 Å². The lowest BCUT2D eigenvalue weighted by molar-refractivity contribution is -0.130. The second kappa shape index (κ2) is 10.5. The minimum absolute atomic E-state index is 0.00491. The molecule has 5 N–H and O–H groups in total. The van der Waals surface area contributed by atoms with Gasteiger partial charge < -0.3 is 11.1 Å². The van der Waals surface area contributed by atoms with Crippen LogP contribution in [0.3, 0.4) is 0 Å². The van der Waals surface area contributed by atoms with Gasteiger partial charge in [0.25, 0.3) is 5.91 Å². The van der Waals surface area contributed by atoms with E-state index in [9.17, 15) is 18.0 Å². The molecular formula is C22H22F3N3O2. The molecule has 158 valence electrons. The maximum absolute atomic E-state index is 12.4. The number of hydroxylamine groups is 1. The summed E-state index contributed by atoms with van der Waals surface area (Å²) in [6.45, 7) is 1.79. The van der Waals surface area contributed by atoms with E-state index in [1.54, 1.807) is 42.7 Å². The minimum Gasteiger partial charge on any atom is -0.372 e. The molecule has 0 radical (unpaired) electrons. The highest BCUT2D eigenvalue weighted by Gasteiger charge is 2.27. The molecule has 8 heteroatoms. The normalized spacial score (nSPS) is 12.5. The zero-order valence-corrected chi connectivity index (χ0v) is 16.3. The van der Waals surface area contributed by atoms with E-state index in [0.29, 0.717) is 11.3 Å². The average molecular weight is 417 g/mol.